The number of rotatable bonds is 6. The highest BCUT2D eigenvalue weighted by Gasteiger charge is 2.38. The van der Waals surface area contributed by atoms with Crippen molar-refractivity contribution in [1.29, 1.82) is 0 Å². The number of benzene rings is 1. The van der Waals surface area contributed by atoms with Crippen LogP contribution in [0.3, 0.4) is 0 Å². The second-order valence-electron chi connectivity index (χ2n) is 8.28. The summed E-state index contributed by atoms with van der Waals surface area (Å²) in [6, 6.07) is 17.4. The maximum atomic E-state index is 12.8. The van der Waals surface area contributed by atoms with Crippen LogP contribution < -0.4 is 0 Å². The topological polar surface area (TPSA) is 88.5 Å². The lowest BCUT2D eigenvalue weighted by Gasteiger charge is -2.35. The van der Waals surface area contributed by atoms with Gasteiger partial charge in [0.05, 0.1) is 23.7 Å². The number of pyridine rings is 1. The number of nitrogens with zero attached hydrogens (tertiary/aromatic N) is 5. The Labute approximate surface area is 202 Å². The van der Waals surface area contributed by atoms with Crippen LogP contribution in [0.15, 0.2) is 72.1 Å². The van der Waals surface area contributed by atoms with Gasteiger partial charge in [-0.25, -0.2) is 14.8 Å². The summed E-state index contributed by atoms with van der Waals surface area (Å²) < 4.78 is 5.60. The fourth-order valence-electron chi connectivity index (χ4n) is 4.33. The number of amides is 2. The molecular weight excluding hydrogens is 450 g/mol. The van der Waals surface area contributed by atoms with Gasteiger partial charge in [-0.2, -0.15) is 0 Å². The molecule has 1 aromatic carbocycles. The molecule has 4 heterocycles. The van der Waals surface area contributed by atoms with Crippen LogP contribution in [0.4, 0.5) is 4.79 Å². The van der Waals surface area contributed by atoms with Crippen LogP contribution in [0.5, 0.6) is 0 Å². The summed E-state index contributed by atoms with van der Waals surface area (Å²) in [6.07, 6.45) is 4.41. The Morgan fingerprint density at radius 1 is 0.971 bits per heavy atom. The van der Waals surface area contributed by atoms with Crippen molar-refractivity contribution < 1.29 is 14.3 Å². The molecule has 34 heavy (non-hydrogen) atoms. The summed E-state index contributed by atoms with van der Waals surface area (Å²) in [4.78, 5) is 42.1. The molecule has 1 atom stereocenters. The molecule has 2 amide bonds. The highest BCUT2D eigenvalue weighted by atomic mass is 32.2. The Kier molecular flexibility index (Phi) is 6.71. The van der Waals surface area contributed by atoms with E-state index in [4.69, 9.17) is 4.74 Å². The molecule has 9 heteroatoms. The van der Waals surface area contributed by atoms with Gasteiger partial charge < -0.3 is 14.5 Å². The van der Waals surface area contributed by atoms with Gasteiger partial charge in [0.25, 0.3) is 0 Å². The van der Waals surface area contributed by atoms with Crippen LogP contribution >= 0.6 is 11.8 Å². The highest BCUT2D eigenvalue weighted by Crippen LogP contribution is 2.30. The van der Waals surface area contributed by atoms with Gasteiger partial charge in [0.1, 0.15) is 6.10 Å². The minimum atomic E-state index is -0.265. The number of carbonyl (C=O) groups is 2. The Morgan fingerprint density at radius 3 is 2.53 bits per heavy atom. The number of hydrogen-bond acceptors (Lipinski definition) is 7. The zero-order valence-electron chi connectivity index (χ0n) is 18.6. The lowest BCUT2D eigenvalue weighted by atomic mass is 10.0. The number of hydrogen-bond donors (Lipinski definition) is 0. The molecule has 2 aliphatic heterocycles. The first-order chi connectivity index (χ1) is 16.7. The third kappa shape index (κ3) is 5.04. The quantitative estimate of drug-likeness (QED) is 0.396. The minimum Gasteiger partial charge on any atom is -0.439 e. The van der Waals surface area contributed by atoms with Crippen LogP contribution in [0.1, 0.15) is 24.5 Å². The van der Waals surface area contributed by atoms with Gasteiger partial charge in [-0.15, -0.1) is 0 Å². The maximum absolute atomic E-state index is 12.8. The van der Waals surface area contributed by atoms with Crippen molar-refractivity contribution in [3.63, 3.8) is 0 Å². The summed E-state index contributed by atoms with van der Waals surface area (Å²) in [7, 11) is 0. The van der Waals surface area contributed by atoms with Crippen LogP contribution in [0.25, 0.3) is 11.4 Å². The van der Waals surface area contributed by atoms with E-state index in [1.165, 1.54) is 11.8 Å². The standard InChI is InChI=1S/C25H25N5O3S/c31-23(17-34-24-27-13-9-21(28-24)20-8-4-5-12-26-20)29-14-10-19(11-15-29)30-16-22(33-25(30)32)18-6-2-1-3-7-18/h1-9,12-13,19,22H,10-11,14-17H2. The first-order valence-electron chi connectivity index (χ1n) is 11.3. The Balaban J connectivity index is 1.12. The summed E-state index contributed by atoms with van der Waals surface area (Å²) in [5.41, 5.74) is 2.52. The van der Waals surface area contributed by atoms with E-state index in [2.05, 4.69) is 15.0 Å². The highest BCUT2D eigenvalue weighted by molar-refractivity contribution is 7.99. The number of carbonyl (C=O) groups excluding carboxylic acids is 2. The van der Waals surface area contributed by atoms with Crippen molar-refractivity contribution >= 4 is 23.8 Å². The van der Waals surface area contributed by atoms with Crippen LogP contribution in [0.2, 0.25) is 0 Å². The van der Waals surface area contributed by atoms with Gasteiger partial charge in [-0.05, 0) is 36.6 Å². The Bertz CT molecular complexity index is 1140. The Hall–Kier alpha value is -3.46. The lowest BCUT2D eigenvalue weighted by molar-refractivity contribution is -0.129. The summed E-state index contributed by atoms with van der Waals surface area (Å²) in [6.45, 7) is 1.80. The van der Waals surface area contributed by atoms with Crippen LogP contribution in [0, 0.1) is 0 Å². The first-order valence-corrected chi connectivity index (χ1v) is 12.3. The summed E-state index contributed by atoms with van der Waals surface area (Å²) >= 11 is 1.33. The fourth-order valence-corrected chi connectivity index (χ4v) is 5.06. The lowest BCUT2D eigenvalue weighted by Crippen LogP contribution is -2.47. The SMILES string of the molecule is O=C(CSc1nccc(-c2ccccn2)n1)N1CCC(N2CC(c3ccccc3)OC2=O)CC1. The van der Waals surface area contributed by atoms with E-state index in [-0.39, 0.29) is 29.9 Å². The molecule has 3 aromatic rings. The second kappa shape index (κ2) is 10.2. The average Bonchev–Trinajstić information content (AvgIpc) is 3.30. The molecule has 0 aliphatic carbocycles. The second-order valence-corrected chi connectivity index (χ2v) is 9.22. The minimum absolute atomic E-state index is 0.0569. The van der Waals surface area contributed by atoms with Gasteiger partial charge in [-0.1, -0.05) is 48.2 Å². The van der Waals surface area contributed by atoms with E-state index in [0.717, 1.165) is 29.8 Å². The molecule has 174 valence electrons. The van der Waals surface area contributed by atoms with E-state index in [9.17, 15) is 9.59 Å². The molecule has 0 N–H and O–H groups in total. The molecule has 5 rings (SSSR count). The first kappa shape index (κ1) is 22.3. The zero-order chi connectivity index (χ0) is 23.3. The van der Waals surface area contributed by atoms with Crippen molar-refractivity contribution in [2.45, 2.75) is 30.1 Å². The Morgan fingerprint density at radius 2 is 1.76 bits per heavy atom. The monoisotopic (exact) mass is 475 g/mol. The number of aromatic nitrogens is 3. The van der Waals surface area contributed by atoms with E-state index >= 15 is 0 Å². The van der Waals surface area contributed by atoms with Crippen molar-refractivity contribution in [3.05, 3.63) is 72.6 Å². The van der Waals surface area contributed by atoms with Crippen LogP contribution in [-0.4, -0.2) is 68.2 Å². The zero-order valence-corrected chi connectivity index (χ0v) is 19.4. The molecule has 2 fully saturated rings. The number of piperidine rings is 1. The molecule has 2 saturated heterocycles. The summed E-state index contributed by atoms with van der Waals surface area (Å²) in [5, 5.41) is 0.554. The van der Waals surface area contributed by atoms with Gasteiger partial charge >= 0.3 is 6.09 Å². The molecular formula is C25H25N5O3S. The van der Waals surface area contributed by atoms with E-state index in [1.54, 1.807) is 12.4 Å². The fraction of sp³-hybridized carbons (Fsp3) is 0.320. The molecule has 8 nitrogen and oxygen atoms in total. The van der Waals surface area contributed by atoms with Gasteiger partial charge in [0.2, 0.25) is 5.91 Å². The number of thioether (sulfide) groups is 1. The van der Waals surface area contributed by atoms with Gasteiger partial charge in [0, 0.05) is 31.5 Å². The molecule has 0 bridgehead atoms. The number of ether oxygens (including phenoxy) is 1. The van der Waals surface area contributed by atoms with Crippen molar-refractivity contribution in [1.82, 2.24) is 24.8 Å². The van der Waals surface area contributed by atoms with Gasteiger partial charge in [-0.3, -0.25) is 9.78 Å². The summed E-state index contributed by atoms with van der Waals surface area (Å²) in [5.74, 6) is 0.333. The number of likely N-dealkylation sites (tertiary alicyclic amines) is 1. The predicted octanol–water partition coefficient (Wildman–Crippen LogP) is 3.82. The predicted molar refractivity (Wildman–Crippen MR) is 128 cm³/mol. The maximum Gasteiger partial charge on any atom is 0.410 e. The normalized spacial score (nSPS) is 18.7. The molecule has 2 aromatic heterocycles. The molecule has 2 aliphatic rings. The third-order valence-corrected chi connectivity index (χ3v) is 7.00. The largest absolute Gasteiger partial charge is 0.439 e. The van der Waals surface area contributed by atoms with Crippen molar-refractivity contribution in [3.8, 4) is 11.4 Å². The van der Waals surface area contributed by atoms with Crippen molar-refractivity contribution in [2.75, 3.05) is 25.4 Å². The van der Waals surface area contributed by atoms with E-state index in [0.29, 0.717) is 24.8 Å². The average molecular weight is 476 g/mol. The molecule has 0 spiro atoms. The van der Waals surface area contributed by atoms with E-state index in [1.807, 2.05) is 64.4 Å². The third-order valence-electron chi connectivity index (χ3n) is 6.15. The van der Waals surface area contributed by atoms with Gasteiger partial charge in [0.15, 0.2) is 5.16 Å². The smallest absolute Gasteiger partial charge is 0.410 e. The molecule has 1 unspecified atom stereocenters. The molecule has 0 radical (unpaired) electrons. The van der Waals surface area contributed by atoms with Crippen molar-refractivity contribution in [2.24, 2.45) is 0 Å². The molecule has 0 saturated carbocycles. The van der Waals surface area contributed by atoms with Crippen LogP contribution in [-0.2, 0) is 9.53 Å². The van der Waals surface area contributed by atoms with E-state index < -0.39 is 0 Å². The number of cyclic esters (lactones) is 1.